The Labute approximate surface area is 106 Å². The normalized spacial score (nSPS) is 34.9. The first-order valence-electron chi connectivity index (χ1n) is 5.66. The van der Waals surface area contributed by atoms with Crippen LogP contribution in [-0.4, -0.2) is 44.3 Å². The zero-order valence-electron chi connectivity index (χ0n) is 9.65. The van der Waals surface area contributed by atoms with Gasteiger partial charge in [-0.05, 0) is 18.8 Å². The summed E-state index contributed by atoms with van der Waals surface area (Å²) in [5, 5.41) is 36.5. The SMILES string of the molecule is O=C(O)C1C2CC(C1C(=O)O)C(C(=O)O)(C(=O)O)C2. The summed E-state index contributed by atoms with van der Waals surface area (Å²) in [5.41, 5.74) is -2.18. The van der Waals surface area contributed by atoms with Gasteiger partial charge in [0.05, 0.1) is 11.8 Å². The lowest BCUT2D eigenvalue weighted by atomic mass is 9.64. The Morgan fingerprint density at radius 3 is 1.68 bits per heavy atom. The van der Waals surface area contributed by atoms with Crippen LogP contribution in [-0.2, 0) is 19.2 Å². The van der Waals surface area contributed by atoms with Crippen LogP contribution in [0.2, 0.25) is 0 Å². The third-order valence-corrected chi connectivity index (χ3v) is 4.44. The van der Waals surface area contributed by atoms with E-state index in [2.05, 4.69) is 0 Å². The number of aliphatic carboxylic acids is 4. The number of hydrogen-bond donors (Lipinski definition) is 4. The highest BCUT2D eigenvalue weighted by atomic mass is 16.4. The van der Waals surface area contributed by atoms with Crippen LogP contribution in [0.5, 0.6) is 0 Å². The molecule has 19 heavy (non-hydrogen) atoms. The van der Waals surface area contributed by atoms with Crippen molar-refractivity contribution < 1.29 is 39.6 Å². The molecule has 4 atom stereocenters. The van der Waals surface area contributed by atoms with Gasteiger partial charge in [-0.15, -0.1) is 0 Å². The van der Waals surface area contributed by atoms with Crippen LogP contribution in [0.25, 0.3) is 0 Å². The van der Waals surface area contributed by atoms with Crippen molar-refractivity contribution in [3.8, 4) is 0 Å². The smallest absolute Gasteiger partial charge is 0.321 e. The summed E-state index contributed by atoms with van der Waals surface area (Å²) < 4.78 is 0. The van der Waals surface area contributed by atoms with Crippen molar-refractivity contribution in [1.82, 2.24) is 0 Å². The molecule has 8 nitrogen and oxygen atoms in total. The van der Waals surface area contributed by atoms with Crippen LogP contribution in [0.1, 0.15) is 12.8 Å². The Morgan fingerprint density at radius 2 is 1.32 bits per heavy atom. The van der Waals surface area contributed by atoms with Crippen LogP contribution in [0.4, 0.5) is 0 Å². The Morgan fingerprint density at radius 1 is 0.842 bits per heavy atom. The molecular weight excluding hydrogens is 260 g/mol. The Balaban J connectivity index is 2.49. The Bertz CT molecular complexity index is 467. The first-order valence-corrected chi connectivity index (χ1v) is 5.66. The van der Waals surface area contributed by atoms with Crippen LogP contribution in [0.3, 0.4) is 0 Å². The molecule has 2 aliphatic rings. The van der Waals surface area contributed by atoms with E-state index in [1.165, 1.54) is 0 Å². The van der Waals surface area contributed by atoms with Gasteiger partial charge >= 0.3 is 23.9 Å². The van der Waals surface area contributed by atoms with E-state index in [4.69, 9.17) is 20.4 Å². The minimum atomic E-state index is -2.18. The van der Waals surface area contributed by atoms with E-state index in [1.54, 1.807) is 0 Å². The van der Waals surface area contributed by atoms with Gasteiger partial charge in [0.25, 0.3) is 0 Å². The van der Waals surface area contributed by atoms with E-state index in [0.717, 1.165) is 0 Å². The molecule has 0 aromatic carbocycles. The van der Waals surface area contributed by atoms with Gasteiger partial charge in [-0.3, -0.25) is 19.2 Å². The molecule has 4 unspecified atom stereocenters. The highest BCUT2D eigenvalue weighted by Gasteiger charge is 2.70. The summed E-state index contributed by atoms with van der Waals surface area (Å²) in [5.74, 6) is -10.6. The van der Waals surface area contributed by atoms with E-state index in [9.17, 15) is 19.2 Å². The molecule has 0 amide bonds. The van der Waals surface area contributed by atoms with Crippen LogP contribution in [0.15, 0.2) is 0 Å². The lowest BCUT2D eigenvalue weighted by molar-refractivity contribution is -0.177. The van der Waals surface area contributed by atoms with Gasteiger partial charge in [0.15, 0.2) is 5.41 Å². The molecule has 4 N–H and O–H groups in total. The van der Waals surface area contributed by atoms with Gasteiger partial charge in [0.1, 0.15) is 0 Å². The lowest BCUT2D eigenvalue weighted by Gasteiger charge is -2.35. The number of rotatable bonds is 4. The van der Waals surface area contributed by atoms with Crippen molar-refractivity contribution in [1.29, 1.82) is 0 Å². The molecule has 0 heterocycles. The van der Waals surface area contributed by atoms with Crippen molar-refractivity contribution in [2.45, 2.75) is 12.8 Å². The maximum Gasteiger partial charge on any atom is 0.321 e. The standard InChI is InChI=1S/C11H12O8/c12-7(13)5-3-1-4(6(5)8(14)15)11(2-3,9(16)17)10(18)19/h3-6H,1-2H2,(H,12,13)(H,14,15)(H,16,17)(H,18,19). The van der Waals surface area contributed by atoms with E-state index >= 15 is 0 Å². The van der Waals surface area contributed by atoms with Crippen molar-refractivity contribution in [3.05, 3.63) is 0 Å². The number of hydrogen-bond acceptors (Lipinski definition) is 4. The molecule has 0 aliphatic heterocycles. The number of fused-ring (bicyclic) bond motifs is 2. The second kappa shape index (κ2) is 3.94. The fraction of sp³-hybridized carbons (Fsp3) is 0.636. The molecule has 0 aromatic heterocycles. The van der Waals surface area contributed by atoms with Gasteiger partial charge in [-0.25, -0.2) is 0 Å². The van der Waals surface area contributed by atoms with Gasteiger partial charge in [-0.2, -0.15) is 0 Å². The van der Waals surface area contributed by atoms with Gasteiger partial charge in [0.2, 0.25) is 0 Å². The molecule has 8 heteroatoms. The maximum atomic E-state index is 11.3. The highest BCUT2D eigenvalue weighted by molar-refractivity contribution is 6.00. The van der Waals surface area contributed by atoms with Crippen LogP contribution < -0.4 is 0 Å². The summed E-state index contributed by atoms with van der Waals surface area (Å²) >= 11 is 0. The minimum absolute atomic E-state index is 0.00648. The largest absolute Gasteiger partial charge is 0.481 e. The quantitative estimate of drug-likeness (QED) is 0.504. The van der Waals surface area contributed by atoms with Crippen LogP contribution in [0, 0.1) is 29.1 Å². The predicted molar refractivity (Wildman–Crippen MR) is 56.2 cm³/mol. The predicted octanol–water partition coefficient (Wildman–Crippen LogP) is -0.417. The summed E-state index contributed by atoms with van der Waals surface area (Å²) in [6.07, 6.45) is -0.324. The highest BCUT2D eigenvalue weighted by Crippen LogP contribution is 2.61. The molecule has 0 spiro atoms. The number of carbonyl (C=O) groups is 4. The maximum absolute atomic E-state index is 11.3. The molecule has 0 aromatic rings. The van der Waals surface area contributed by atoms with Crippen molar-refractivity contribution in [2.75, 3.05) is 0 Å². The zero-order valence-corrected chi connectivity index (χ0v) is 9.65. The molecule has 2 aliphatic carbocycles. The average Bonchev–Trinajstić information content (AvgIpc) is 2.82. The topological polar surface area (TPSA) is 149 Å². The fourth-order valence-electron chi connectivity index (χ4n) is 3.71. The monoisotopic (exact) mass is 272 g/mol. The molecular formula is C11H12O8. The van der Waals surface area contributed by atoms with Crippen molar-refractivity contribution in [2.24, 2.45) is 29.1 Å². The Hall–Kier alpha value is -2.12. The number of carboxylic acid groups (broad SMARTS) is 4. The molecule has 2 saturated carbocycles. The van der Waals surface area contributed by atoms with Gasteiger partial charge in [0, 0.05) is 5.92 Å². The van der Waals surface area contributed by atoms with E-state index in [-0.39, 0.29) is 12.8 Å². The summed E-state index contributed by atoms with van der Waals surface area (Å²) in [4.78, 5) is 44.8. The van der Waals surface area contributed by atoms with Crippen molar-refractivity contribution in [3.63, 3.8) is 0 Å². The van der Waals surface area contributed by atoms with Gasteiger partial charge < -0.3 is 20.4 Å². The van der Waals surface area contributed by atoms with Crippen molar-refractivity contribution >= 4 is 23.9 Å². The lowest BCUT2D eigenvalue weighted by Crippen LogP contribution is -2.51. The first-order chi connectivity index (χ1) is 8.73. The molecule has 2 rings (SSSR count). The summed E-state index contributed by atoms with van der Waals surface area (Å²) in [6.45, 7) is 0. The van der Waals surface area contributed by atoms with Gasteiger partial charge in [-0.1, -0.05) is 0 Å². The average molecular weight is 272 g/mol. The molecule has 104 valence electrons. The van der Waals surface area contributed by atoms with Crippen LogP contribution >= 0.6 is 0 Å². The second-order valence-corrected chi connectivity index (χ2v) is 5.12. The molecule has 0 saturated heterocycles. The third kappa shape index (κ3) is 1.52. The second-order valence-electron chi connectivity index (χ2n) is 5.12. The fourth-order valence-corrected chi connectivity index (χ4v) is 3.71. The Kier molecular flexibility index (Phi) is 2.76. The van der Waals surface area contributed by atoms with E-state index in [0.29, 0.717) is 0 Å². The van der Waals surface area contributed by atoms with E-state index < -0.39 is 53.0 Å². The van der Waals surface area contributed by atoms with E-state index in [1.807, 2.05) is 0 Å². The minimum Gasteiger partial charge on any atom is -0.481 e. The summed E-state index contributed by atoms with van der Waals surface area (Å²) in [6, 6.07) is 0. The number of carboxylic acids is 4. The molecule has 2 bridgehead atoms. The molecule has 0 radical (unpaired) electrons. The first kappa shape index (κ1) is 13.3. The third-order valence-electron chi connectivity index (χ3n) is 4.44. The molecule has 2 fully saturated rings. The summed E-state index contributed by atoms with van der Waals surface area (Å²) in [7, 11) is 0. The zero-order chi connectivity index (χ0) is 14.5.